The third-order valence-electron chi connectivity index (χ3n) is 10.9. The molecule has 244 valence electrons. The predicted octanol–water partition coefficient (Wildman–Crippen LogP) is 7.22. The number of hydrogen-bond donors (Lipinski definition) is 3. The summed E-state index contributed by atoms with van der Waals surface area (Å²) < 4.78 is 6.39. The molecule has 1 atom stereocenters. The molecule has 3 aliphatic rings. The summed E-state index contributed by atoms with van der Waals surface area (Å²) in [5, 5.41) is 16.9. The van der Waals surface area contributed by atoms with Gasteiger partial charge in [0.15, 0.2) is 8.32 Å². The van der Waals surface area contributed by atoms with Gasteiger partial charge in [0.1, 0.15) is 12.2 Å². The highest BCUT2D eigenvalue weighted by molar-refractivity contribution is 6.72. The normalized spacial score (nSPS) is 20.6. The lowest BCUT2D eigenvalue weighted by molar-refractivity contribution is 0.0923. The number of likely N-dealkylation sites (tertiary alicyclic amines) is 1. The van der Waals surface area contributed by atoms with Crippen LogP contribution in [0.2, 0.25) is 18.1 Å². The molecule has 0 spiro atoms. The second kappa shape index (κ2) is 12.3. The molecule has 46 heavy (non-hydrogen) atoms. The first-order valence-corrected chi connectivity index (χ1v) is 19.8. The molecule has 3 aromatic rings. The smallest absolute Gasteiger partial charge is 0.227 e. The van der Waals surface area contributed by atoms with E-state index in [9.17, 15) is 10.1 Å². The van der Waals surface area contributed by atoms with E-state index in [2.05, 4.69) is 59.5 Å². The van der Waals surface area contributed by atoms with Crippen molar-refractivity contribution in [3.8, 4) is 23.2 Å². The van der Waals surface area contributed by atoms with Crippen molar-refractivity contribution in [2.45, 2.75) is 109 Å². The first-order valence-electron chi connectivity index (χ1n) is 16.8. The molecule has 2 fully saturated rings. The van der Waals surface area contributed by atoms with E-state index in [1.54, 1.807) is 6.20 Å². The molecule has 0 bridgehead atoms. The third kappa shape index (κ3) is 6.64. The summed E-state index contributed by atoms with van der Waals surface area (Å²) in [5.41, 5.74) is 6.77. The Balaban J connectivity index is 1.20. The molecule has 2 aliphatic heterocycles. The van der Waals surface area contributed by atoms with Gasteiger partial charge in [-0.1, -0.05) is 20.8 Å². The molecule has 0 radical (unpaired) electrons. The Labute approximate surface area is 275 Å². The van der Waals surface area contributed by atoms with Crippen molar-refractivity contribution in [3.05, 3.63) is 52.8 Å². The van der Waals surface area contributed by atoms with Crippen molar-refractivity contribution in [2.24, 2.45) is 0 Å². The monoisotopic (exact) mass is 639 g/mol. The number of piperidine rings is 1. The summed E-state index contributed by atoms with van der Waals surface area (Å²) in [6.45, 7) is 17.6. The van der Waals surface area contributed by atoms with Gasteiger partial charge in [0.2, 0.25) is 11.8 Å². The highest BCUT2D eigenvalue weighted by atomic mass is 28.4. The maximum Gasteiger partial charge on any atom is 0.227 e. The molecule has 6 rings (SSSR count). The average molecular weight is 640 g/mol. The summed E-state index contributed by atoms with van der Waals surface area (Å²) >= 11 is 0. The number of anilines is 3. The van der Waals surface area contributed by atoms with Crippen LogP contribution in [0, 0.1) is 25.2 Å². The van der Waals surface area contributed by atoms with E-state index in [1.165, 1.54) is 12.8 Å². The number of ether oxygens (including phenoxy) is 1. The summed E-state index contributed by atoms with van der Waals surface area (Å²) in [6, 6.07) is 11.3. The fraction of sp³-hybridized carbons (Fsp3) is 0.556. The minimum absolute atomic E-state index is 0.120. The zero-order valence-corrected chi connectivity index (χ0v) is 29.5. The van der Waals surface area contributed by atoms with Crippen LogP contribution in [0.5, 0.6) is 5.88 Å². The van der Waals surface area contributed by atoms with Crippen LogP contribution >= 0.6 is 0 Å². The Morgan fingerprint density at radius 3 is 2.57 bits per heavy atom. The Hall–Kier alpha value is -3.52. The zero-order chi connectivity index (χ0) is 32.9. The van der Waals surface area contributed by atoms with Crippen LogP contribution in [-0.2, 0) is 5.41 Å². The fourth-order valence-corrected chi connectivity index (χ4v) is 7.36. The van der Waals surface area contributed by atoms with Crippen LogP contribution in [0.1, 0.15) is 81.7 Å². The summed E-state index contributed by atoms with van der Waals surface area (Å²) in [7, 11) is -2.34. The first-order chi connectivity index (χ1) is 21.8. The van der Waals surface area contributed by atoms with Crippen molar-refractivity contribution in [1.29, 1.82) is 5.26 Å². The lowest BCUT2D eigenvalue weighted by Crippen LogP contribution is -2.40. The largest absolute Gasteiger partial charge is 0.474 e. The van der Waals surface area contributed by atoms with E-state index in [1.807, 2.05) is 39.1 Å². The van der Waals surface area contributed by atoms with Crippen molar-refractivity contribution >= 4 is 25.6 Å². The number of fused-ring (bicyclic) bond motifs is 1. The quantitative estimate of drug-likeness (QED) is 0.198. The number of aromatic nitrogens is 3. The van der Waals surface area contributed by atoms with Crippen molar-refractivity contribution in [2.75, 3.05) is 30.3 Å². The second-order valence-corrected chi connectivity index (χ2v) is 19.6. The molecule has 0 unspecified atom stereocenters. The number of nitrogens with zero attached hydrogens (tertiary/aromatic N) is 5. The number of nitrogens with one attached hydrogen (secondary N) is 2. The van der Waals surface area contributed by atoms with Crippen LogP contribution in [0.25, 0.3) is 11.3 Å². The third-order valence-corrected chi connectivity index (χ3v) is 14.5. The van der Waals surface area contributed by atoms with Crippen LogP contribution in [-0.4, -0.2) is 64.7 Å². The van der Waals surface area contributed by atoms with Gasteiger partial charge in [0.25, 0.3) is 0 Å². The number of nitriles is 1. The first kappa shape index (κ1) is 32.4. The van der Waals surface area contributed by atoms with Crippen LogP contribution < -0.4 is 15.4 Å². The van der Waals surface area contributed by atoms with Gasteiger partial charge in [0, 0.05) is 48.4 Å². The van der Waals surface area contributed by atoms with Gasteiger partial charge in [-0.15, -0.1) is 0 Å². The van der Waals surface area contributed by atoms with Crippen LogP contribution in [0.15, 0.2) is 30.5 Å². The Kier molecular flexibility index (Phi) is 8.63. The molecule has 4 heterocycles. The molecular weight excluding hydrogens is 591 g/mol. The van der Waals surface area contributed by atoms with Crippen molar-refractivity contribution < 1.29 is 9.53 Å². The predicted molar refractivity (Wildman–Crippen MR) is 186 cm³/mol. The van der Waals surface area contributed by atoms with E-state index >= 15 is 0 Å². The van der Waals surface area contributed by atoms with Gasteiger partial charge in [0.05, 0.1) is 28.3 Å². The molecule has 1 saturated heterocycles. The van der Waals surface area contributed by atoms with E-state index in [0.717, 1.165) is 90.8 Å². The van der Waals surface area contributed by atoms with Crippen LogP contribution in [0.4, 0.5) is 17.3 Å². The zero-order valence-electron chi connectivity index (χ0n) is 28.5. The molecule has 1 aromatic carbocycles. The average Bonchev–Trinajstić information content (AvgIpc) is 3.81. The number of hydrogen-bond acceptors (Lipinski definition) is 9. The molecule has 3 N–H and O–H groups in total. The summed E-state index contributed by atoms with van der Waals surface area (Å²) in [6.07, 6.45) is 8.56. The lowest BCUT2D eigenvalue weighted by Gasteiger charge is -2.38. The molecule has 10 heteroatoms. The van der Waals surface area contributed by atoms with E-state index in [-0.39, 0.29) is 16.6 Å². The minimum Gasteiger partial charge on any atom is -0.474 e. The van der Waals surface area contributed by atoms with Gasteiger partial charge >= 0.3 is 0 Å². The standard InChI is InChI=1S/C36H49N7O2Si/c1-23-18-31(24(2)40-33(23)45-28-11-16-43(17-12-28)27-8-9-27)42-34-38-15-10-30(41-34)25-19-26(21-37)32-29(20-25)36(5,22-39-32)14-13-35(3,4)46(6,7)44/h10,15,18-20,27-28,39,44H,8-9,11-14,16-17,22H2,1-7H3,(H,38,41,42)/t36-/m0/s1. The SMILES string of the molecule is Cc1cc(Nc2nccc(-c3cc(C#N)c4c(c3)[C@@](C)(CCC(C)(C)[Si](C)(C)O)CN4)n2)c(C)nc1OC1CCN(C2CC2)CC1. The fourth-order valence-electron chi connectivity index (χ4n) is 6.63. The van der Waals surface area contributed by atoms with E-state index < -0.39 is 8.32 Å². The van der Waals surface area contributed by atoms with Gasteiger partial charge in [-0.25, -0.2) is 15.0 Å². The summed E-state index contributed by atoms with van der Waals surface area (Å²) in [4.78, 5) is 27.7. The van der Waals surface area contributed by atoms with Crippen molar-refractivity contribution in [3.63, 3.8) is 0 Å². The van der Waals surface area contributed by atoms with Gasteiger partial charge < -0.3 is 25.1 Å². The minimum atomic E-state index is -2.34. The van der Waals surface area contributed by atoms with E-state index in [4.69, 9.17) is 14.7 Å². The maximum atomic E-state index is 10.9. The molecule has 9 nitrogen and oxygen atoms in total. The Morgan fingerprint density at radius 1 is 1.15 bits per heavy atom. The van der Waals surface area contributed by atoms with Crippen LogP contribution in [0.3, 0.4) is 0 Å². The highest BCUT2D eigenvalue weighted by Gasteiger charge is 2.42. The Bertz CT molecular complexity index is 1650. The highest BCUT2D eigenvalue weighted by Crippen LogP contribution is 2.48. The molecule has 0 amide bonds. The topological polar surface area (TPSA) is 119 Å². The second-order valence-electron chi connectivity index (χ2n) is 15.1. The van der Waals surface area contributed by atoms with Gasteiger partial charge in [-0.05, 0) is 100 Å². The summed E-state index contributed by atoms with van der Waals surface area (Å²) in [5.74, 6) is 1.18. The lowest BCUT2D eigenvalue weighted by atomic mass is 9.77. The number of rotatable bonds is 10. The molecule has 1 aliphatic carbocycles. The van der Waals surface area contributed by atoms with E-state index in [0.29, 0.717) is 17.4 Å². The van der Waals surface area contributed by atoms with Crippen molar-refractivity contribution in [1.82, 2.24) is 19.9 Å². The molecule has 2 aromatic heterocycles. The molecular formula is C36H49N7O2Si. The Morgan fingerprint density at radius 2 is 1.89 bits per heavy atom. The maximum absolute atomic E-state index is 10.9. The number of aryl methyl sites for hydroxylation is 2. The van der Waals surface area contributed by atoms with Gasteiger partial charge in [-0.3, -0.25) is 0 Å². The van der Waals surface area contributed by atoms with Gasteiger partial charge in [-0.2, -0.15) is 5.26 Å². The molecule has 1 saturated carbocycles. The number of benzene rings is 1. The number of pyridine rings is 1.